The molecule has 5 heteroatoms. The normalized spacial score (nSPS) is 10.5. The summed E-state index contributed by atoms with van der Waals surface area (Å²) in [5.41, 5.74) is 0. The van der Waals surface area contributed by atoms with Gasteiger partial charge < -0.3 is 4.74 Å². The van der Waals surface area contributed by atoms with Gasteiger partial charge in [-0.1, -0.05) is 47.6 Å². The fourth-order valence-corrected chi connectivity index (χ4v) is 2.56. The highest BCUT2D eigenvalue weighted by Crippen LogP contribution is 2.28. The Balaban J connectivity index is 2.35. The second-order valence-electron chi connectivity index (χ2n) is 3.34. The summed E-state index contributed by atoms with van der Waals surface area (Å²) in [6.07, 6.45) is 0. The lowest BCUT2D eigenvalue weighted by Crippen LogP contribution is -2.03. The molecule has 2 aromatic rings. The Kier molecular flexibility index (Phi) is 3.86. The zero-order valence-corrected chi connectivity index (χ0v) is 10.7. The number of carbonyl (C=O) groups excluding carboxylic acids is 1. The first kappa shape index (κ1) is 12.2. The number of halogens is 1. The maximum atomic E-state index is 11.1. The van der Waals surface area contributed by atoms with Gasteiger partial charge in [-0.25, -0.2) is 4.98 Å². The third-order valence-electron chi connectivity index (χ3n) is 2.23. The molecule has 0 aliphatic carbocycles. The largest absolute Gasteiger partial charge is 0.468 e. The van der Waals surface area contributed by atoms with Gasteiger partial charge in [-0.3, -0.25) is 4.79 Å². The smallest absolute Gasteiger partial charge is 0.316 e. The number of rotatable bonds is 3. The van der Waals surface area contributed by atoms with Crippen LogP contribution in [0.3, 0.4) is 0 Å². The molecule has 0 N–H and O–H groups in total. The molecule has 0 saturated heterocycles. The van der Waals surface area contributed by atoms with Crippen molar-refractivity contribution in [2.24, 2.45) is 0 Å². The molecule has 0 aliphatic rings. The molecule has 0 atom stereocenters. The molecular formula is C12H10ClNO2S. The van der Waals surface area contributed by atoms with Gasteiger partial charge in [-0.2, -0.15) is 0 Å². The topological polar surface area (TPSA) is 39.2 Å². The predicted octanol–water partition coefficient (Wildman–Crippen LogP) is 3.15. The second kappa shape index (κ2) is 5.38. The van der Waals surface area contributed by atoms with Crippen LogP contribution in [0, 0.1) is 0 Å². The Morgan fingerprint density at radius 3 is 3.00 bits per heavy atom. The Morgan fingerprint density at radius 1 is 1.47 bits per heavy atom. The highest BCUT2D eigenvalue weighted by atomic mass is 35.5. The third-order valence-corrected chi connectivity index (χ3v) is 3.39. The fraction of sp³-hybridized carbons (Fsp3) is 0.167. The molecule has 0 saturated carbocycles. The molecule has 0 aliphatic heterocycles. The number of hydrogen-bond acceptors (Lipinski definition) is 4. The van der Waals surface area contributed by atoms with Crippen LogP contribution in [0.4, 0.5) is 0 Å². The van der Waals surface area contributed by atoms with Gasteiger partial charge in [0.1, 0.15) is 10.2 Å². The number of benzene rings is 1. The molecule has 0 spiro atoms. The Bertz CT molecular complexity index is 559. The molecule has 1 heterocycles. The van der Waals surface area contributed by atoms with Gasteiger partial charge in [-0.15, -0.1) is 0 Å². The zero-order valence-electron chi connectivity index (χ0n) is 9.14. The van der Waals surface area contributed by atoms with Gasteiger partial charge in [-0.05, 0) is 11.5 Å². The van der Waals surface area contributed by atoms with Crippen LogP contribution in [0.15, 0.2) is 35.4 Å². The molecule has 1 aromatic heterocycles. The van der Waals surface area contributed by atoms with Crippen LogP contribution in [0.5, 0.6) is 0 Å². The minimum atomic E-state index is -0.277. The molecule has 1 aromatic carbocycles. The van der Waals surface area contributed by atoms with Crippen molar-refractivity contribution >= 4 is 40.1 Å². The number of thioether (sulfide) groups is 1. The maximum Gasteiger partial charge on any atom is 0.316 e. The summed E-state index contributed by atoms with van der Waals surface area (Å²) in [6, 6.07) is 9.59. The van der Waals surface area contributed by atoms with Crippen molar-refractivity contribution in [2.75, 3.05) is 12.9 Å². The lowest BCUT2D eigenvalue weighted by molar-refractivity contribution is -0.137. The van der Waals surface area contributed by atoms with Crippen molar-refractivity contribution in [1.82, 2.24) is 4.98 Å². The molecule has 17 heavy (non-hydrogen) atoms. The molecule has 0 radical (unpaired) electrons. The van der Waals surface area contributed by atoms with Crippen molar-refractivity contribution in [1.29, 1.82) is 0 Å². The van der Waals surface area contributed by atoms with Crippen LogP contribution in [0.25, 0.3) is 10.8 Å². The minimum absolute atomic E-state index is 0.230. The summed E-state index contributed by atoms with van der Waals surface area (Å²) in [4.78, 5) is 15.3. The zero-order chi connectivity index (χ0) is 12.3. The van der Waals surface area contributed by atoms with Crippen molar-refractivity contribution in [3.63, 3.8) is 0 Å². The van der Waals surface area contributed by atoms with E-state index in [9.17, 15) is 4.79 Å². The number of ether oxygens (including phenoxy) is 1. The van der Waals surface area contributed by atoms with Crippen molar-refractivity contribution in [3.05, 3.63) is 35.5 Å². The van der Waals surface area contributed by atoms with Crippen LogP contribution in [-0.2, 0) is 9.53 Å². The molecule has 88 valence electrons. The summed E-state index contributed by atoms with van der Waals surface area (Å²) >= 11 is 7.26. The highest BCUT2D eigenvalue weighted by molar-refractivity contribution is 8.00. The van der Waals surface area contributed by atoms with E-state index in [-0.39, 0.29) is 11.7 Å². The fourth-order valence-electron chi connectivity index (χ4n) is 1.43. The average molecular weight is 268 g/mol. The van der Waals surface area contributed by atoms with Gasteiger partial charge in [0.15, 0.2) is 0 Å². The molecule has 3 nitrogen and oxygen atoms in total. The van der Waals surface area contributed by atoms with Gasteiger partial charge in [0.2, 0.25) is 0 Å². The van der Waals surface area contributed by atoms with E-state index in [1.165, 1.54) is 18.9 Å². The lowest BCUT2D eigenvalue weighted by atomic mass is 10.2. The highest BCUT2D eigenvalue weighted by Gasteiger charge is 2.08. The number of carbonyl (C=O) groups is 1. The van der Waals surface area contributed by atoms with Crippen molar-refractivity contribution in [2.45, 2.75) is 5.03 Å². The number of fused-ring (bicyclic) bond motifs is 1. The lowest BCUT2D eigenvalue weighted by Gasteiger charge is -2.05. The molecule has 0 bridgehead atoms. The Hall–Kier alpha value is -1.26. The van der Waals surface area contributed by atoms with Crippen molar-refractivity contribution in [3.8, 4) is 0 Å². The SMILES string of the molecule is COC(=O)CSc1nc(Cl)cc2ccccc12. The minimum Gasteiger partial charge on any atom is -0.468 e. The Morgan fingerprint density at radius 2 is 2.24 bits per heavy atom. The number of methoxy groups -OCH3 is 1. The average Bonchev–Trinajstić information content (AvgIpc) is 2.35. The van der Waals surface area contributed by atoms with E-state index in [4.69, 9.17) is 11.6 Å². The number of pyridine rings is 1. The maximum absolute atomic E-state index is 11.1. The van der Waals surface area contributed by atoms with Crippen molar-refractivity contribution < 1.29 is 9.53 Å². The summed E-state index contributed by atoms with van der Waals surface area (Å²) in [5, 5.41) is 3.18. The summed E-state index contributed by atoms with van der Waals surface area (Å²) in [5.74, 6) is -0.0470. The van der Waals surface area contributed by atoms with E-state index >= 15 is 0 Å². The third kappa shape index (κ3) is 2.90. The predicted molar refractivity (Wildman–Crippen MR) is 69.5 cm³/mol. The molecular weight excluding hydrogens is 258 g/mol. The van der Waals surface area contributed by atoms with E-state index < -0.39 is 0 Å². The van der Waals surface area contributed by atoms with Gasteiger partial charge in [0.25, 0.3) is 0 Å². The van der Waals surface area contributed by atoms with Crippen LogP contribution in [0.1, 0.15) is 0 Å². The molecule has 0 amide bonds. The van der Waals surface area contributed by atoms with E-state index in [1.54, 1.807) is 6.07 Å². The number of aromatic nitrogens is 1. The summed E-state index contributed by atoms with van der Waals surface area (Å²) < 4.78 is 4.59. The van der Waals surface area contributed by atoms with Gasteiger partial charge >= 0.3 is 5.97 Å². The van der Waals surface area contributed by atoms with E-state index in [2.05, 4.69) is 9.72 Å². The van der Waals surface area contributed by atoms with Gasteiger partial charge in [0.05, 0.1) is 12.9 Å². The van der Waals surface area contributed by atoms with E-state index in [1.807, 2.05) is 24.3 Å². The number of nitrogens with zero attached hydrogens (tertiary/aromatic N) is 1. The second-order valence-corrected chi connectivity index (χ2v) is 4.69. The first-order valence-corrected chi connectivity index (χ1v) is 6.32. The molecule has 0 unspecified atom stereocenters. The molecule has 2 rings (SSSR count). The monoisotopic (exact) mass is 267 g/mol. The quantitative estimate of drug-likeness (QED) is 0.487. The number of hydrogen-bond donors (Lipinski definition) is 0. The van der Waals surface area contributed by atoms with Crippen LogP contribution in [-0.4, -0.2) is 23.8 Å². The number of esters is 1. The summed E-state index contributed by atoms with van der Waals surface area (Å²) in [7, 11) is 1.37. The van der Waals surface area contributed by atoms with Crippen LogP contribution >= 0.6 is 23.4 Å². The standard InChI is InChI=1S/C12H10ClNO2S/c1-16-11(15)7-17-12-9-5-3-2-4-8(9)6-10(13)14-12/h2-6H,7H2,1H3. The van der Waals surface area contributed by atoms with Gasteiger partial charge in [0, 0.05) is 5.39 Å². The molecule has 0 fully saturated rings. The first-order valence-electron chi connectivity index (χ1n) is 4.95. The first-order chi connectivity index (χ1) is 8.20. The van der Waals surface area contributed by atoms with Crippen LogP contribution in [0.2, 0.25) is 5.15 Å². The van der Waals surface area contributed by atoms with E-state index in [0.717, 1.165) is 15.8 Å². The summed E-state index contributed by atoms with van der Waals surface area (Å²) in [6.45, 7) is 0. The van der Waals surface area contributed by atoms with E-state index in [0.29, 0.717) is 5.15 Å². The Labute approximate surface area is 108 Å². The van der Waals surface area contributed by atoms with Crippen LogP contribution < -0.4 is 0 Å².